The first kappa shape index (κ1) is 33.6. The number of para-hydroxylation sites is 1. The molecule has 0 saturated heterocycles. The van der Waals surface area contributed by atoms with Crippen molar-refractivity contribution in [1.29, 1.82) is 0 Å². The van der Waals surface area contributed by atoms with E-state index in [4.69, 9.17) is 15.0 Å². The summed E-state index contributed by atoms with van der Waals surface area (Å²) in [6, 6.07) is 64.9. The number of rotatable bonds is 4. The van der Waals surface area contributed by atoms with Crippen LogP contribution in [0.3, 0.4) is 0 Å². The van der Waals surface area contributed by atoms with Crippen LogP contribution in [0.5, 0.6) is 0 Å². The Labute approximate surface area is 340 Å². The second-order valence-corrected chi connectivity index (χ2v) is 17.0. The van der Waals surface area contributed by atoms with Crippen LogP contribution in [0, 0.1) is 0 Å². The van der Waals surface area contributed by atoms with Gasteiger partial charge in [0.2, 0.25) is 9.84 Å². The SMILES string of the molecule is O=S1(=O)c2ccccc2C2(c3ccccc3-c3ccccc32)c2cc3c4ccccc4n(-c4cccc(-c5nc(-c6ccccc6)nc(-c6ccccc6)n5)c4)c3cc21. The zero-order chi connectivity index (χ0) is 39.3. The third-order valence-corrected chi connectivity index (χ3v) is 13.9. The molecule has 278 valence electrons. The number of aromatic nitrogens is 4. The third kappa shape index (κ3) is 4.73. The lowest BCUT2D eigenvalue weighted by Gasteiger charge is -2.39. The Bertz CT molecular complexity index is 3370. The average molecular weight is 777 g/mol. The van der Waals surface area contributed by atoms with Gasteiger partial charge < -0.3 is 4.57 Å². The van der Waals surface area contributed by atoms with Gasteiger partial charge in [-0.15, -0.1) is 0 Å². The van der Waals surface area contributed by atoms with Crippen LogP contribution in [0.4, 0.5) is 0 Å². The summed E-state index contributed by atoms with van der Waals surface area (Å²) < 4.78 is 32.3. The zero-order valence-electron chi connectivity index (χ0n) is 31.5. The Balaban J connectivity index is 1.13. The van der Waals surface area contributed by atoms with Gasteiger partial charge in [0.15, 0.2) is 17.5 Å². The van der Waals surface area contributed by atoms with E-state index in [1.54, 1.807) is 6.07 Å². The molecule has 59 heavy (non-hydrogen) atoms. The van der Waals surface area contributed by atoms with Crippen molar-refractivity contribution in [3.63, 3.8) is 0 Å². The fourth-order valence-electron chi connectivity index (χ4n) is 9.60. The molecule has 2 aliphatic rings. The highest BCUT2D eigenvalue weighted by Gasteiger charge is 2.53. The number of sulfone groups is 1. The summed E-state index contributed by atoms with van der Waals surface area (Å²) in [6.07, 6.45) is 0. The zero-order valence-corrected chi connectivity index (χ0v) is 32.3. The second-order valence-electron chi connectivity index (χ2n) is 15.1. The molecule has 0 amide bonds. The van der Waals surface area contributed by atoms with Gasteiger partial charge >= 0.3 is 0 Å². The molecule has 10 aromatic rings. The molecule has 7 heteroatoms. The number of fused-ring (bicyclic) bond motifs is 12. The summed E-state index contributed by atoms with van der Waals surface area (Å²) in [7, 11) is -3.95. The predicted molar refractivity (Wildman–Crippen MR) is 233 cm³/mol. The van der Waals surface area contributed by atoms with Crippen LogP contribution < -0.4 is 0 Å². The molecule has 1 spiro atoms. The summed E-state index contributed by atoms with van der Waals surface area (Å²) in [5.74, 6) is 1.70. The van der Waals surface area contributed by atoms with E-state index in [2.05, 4.69) is 83.4 Å². The first-order chi connectivity index (χ1) is 29.0. The minimum Gasteiger partial charge on any atom is -0.309 e. The molecule has 8 aromatic carbocycles. The van der Waals surface area contributed by atoms with Gasteiger partial charge in [-0.2, -0.15) is 0 Å². The monoisotopic (exact) mass is 776 g/mol. The summed E-state index contributed by atoms with van der Waals surface area (Å²) in [4.78, 5) is 15.6. The van der Waals surface area contributed by atoms with Crippen LogP contribution in [0.15, 0.2) is 204 Å². The Hall–Kier alpha value is -7.48. The van der Waals surface area contributed by atoms with Gasteiger partial charge in [-0.25, -0.2) is 23.4 Å². The molecule has 6 nitrogen and oxygen atoms in total. The van der Waals surface area contributed by atoms with Gasteiger partial charge in [0, 0.05) is 33.2 Å². The van der Waals surface area contributed by atoms with E-state index in [9.17, 15) is 0 Å². The molecule has 0 fully saturated rings. The van der Waals surface area contributed by atoms with Crippen molar-refractivity contribution in [2.24, 2.45) is 0 Å². The number of hydrogen-bond acceptors (Lipinski definition) is 5. The van der Waals surface area contributed by atoms with Crippen LogP contribution in [0.1, 0.15) is 22.3 Å². The van der Waals surface area contributed by atoms with Gasteiger partial charge in [-0.05, 0) is 69.8 Å². The standard InChI is InChI=1S/C52H32N4O2S/c57-59(58)47-29-14-12-27-43(47)52(41-25-10-7-22-37(41)38-23-8-11-26-42(38)52)44-31-40-39-24-9-13-28-45(39)56(46(40)32-48(44)59)36-21-15-20-35(30-36)51-54-49(33-16-3-1-4-17-33)53-50(55-51)34-18-5-2-6-19-34/h1-32H. The molecular formula is C52H32N4O2S. The molecule has 0 radical (unpaired) electrons. The largest absolute Gasteiger partial charge is 0.309 e. The van der Waals surface area contributed by atoms with E-state index in [-0.39, 0.29) is 0 Å². The van der Waals surface area contributed by atoms with Crippen molar-refractivity contribution < 1.29 is 8.42 Å². The highest BCUT2D eigenvalue weighted by molar-refractivity contribution is 7.91. The fraction of sp³-hybridized carbons (Fsp3) is 0.0192. The molecule has 1 aliphatic carbocycles. The fourth-order valence-corrected chi connectivity index (χ4v) is 11.4. The van der Waals surface area contributed by atoms with Crippen molar-refractivity contribution in [3.05, 3.63) is 216 Å². The molecular weight excluding hydrogens is 745 g/mol. The average Bonchev–Trinajstić information content (AvgIpc) is 3.79. The minimum atomic E-state index is -3.95. The maximum Gasteiger partial charge on any atom is 0.207 e. The molecule has 0 atom stereocenters. The Kier molecular flexibility index (Phi) is 7.13. The molecule has 2 aromatic heterocycles. The van der Waals surface area contributed by atoms with Gasteiger partial charge in [-0.3, -0.25) is 0 Å². The van der Waals surface area contributed by atoms with Crippen LogP contribution in [-0.2, 0) is 15.3 Å². The van der Waals surface area contributed by atoms with E-state index in [0.29, 0.717) is 27.3 Å². The van der Waals surface area contributed by atoms with Crippen LogP contribution >= 0.6 is 0 Å². The van der Waals surface area contributed by atoms with Crippen LogP contribution in [0.25, 0.3) is 72.8 Å². The summed E-state index contributed by atoms with van der Waals surface area (Å²) in [5, 5.41) is 2.00. The summed E-state index contributed by atoms with van der Waals surface area (Å²) in [6.45, 7) is 0. The van der Waals surface area contributed by atoms with E-state index in [1.807, 2.05) is 109 Å². The number of nitrogens with zero attached hydrogens (tertiary/aromatic N) is 4. The molecule has 12 rings (SSSR count). The smallest absolute Gasteiger partial charge is 0.207 e. The van der Waals surface area contributed by atoms with Crippen LogP contribution in [0.2, 0.25) is 0 Å². The van der Waals surface area contributed by atoms with Gasteiger partial charge in [0.1, 0.15) is 0 Å². The van der Waals surface area contributed by atoms with Crippen molar-refractivity contribution in [1.82, 2.24) is 19.5 Å². The molecule has 1 aliphatic heterocycles. The number of hydrogen-bond donors (Lipinski definition) is 0. The van der Waals surface area contributed by atoms with Gasteiger partial charge in [0.05, 0.1) is 26.2 Å². The Morgan fingerprint density at radius 1 is 0.390 bits per heavy atom. The van der Waals surface area contributed by atoms with Crippen molar-refractivity contribution in [2.45, 2.75) is 15.2 Å². The Morgan fingerprint density at radius 2 is 0.915 bits per heavy atom. The van der Waals surface area contributed by atoms with Crippen molar-refractivity contribution >= 4 is 31.6 Å². The summed E-state index contributed by atoms with van der Waals surface area (Å²) in [5.41, 5.74) is 10.3. The second kappa shape index (κ2) is 12.5. The number of benzene rings is 8. The predicted octanol–water partition coefficient (Wildman–Crippen LogP) is 11.5. The molecule has 0 saturated carbocycles. The molecule has 0 N–H and O–H groups in total. The van der Waals surface area contributed by atoms with E-state index >= 15 is 8.42 Å². The maximum absolute atomic E-state index is 15.1. The lowest BCUT2D eigenvalue weighted by molar-refractivity contribution is 0.581. The first-order valence-electron chi connectivity index (χ1n) is 19.6. The quantitative estimate of drug-likeness (QED) is 0.178. The molecule has 0 bridgehead atoms. The van der Waals surface area contributed by atoms with Gasteiger partial charge in [-0.1, -0.05) is 158 Å². The maximum atomic E-state index is 15.1. The normalized spacial score (nSPS) is 14.2. The van der Waals surface area contributed by atoms with E-state index in [1.165, 1.54) is 0 Å². The highest BCUT2D eigenvalue weighted by atomic mass is 32.2. The van der Waals surface area contributed by atoms with E-state index < -0.39 is 15.3 Å². The van der Waals surface area contributed by atoms with Gasteiger partial charge in [0.25, 0.3) is 0 Å². The molecule has 3 heterocycles. The van der Waals surface area contributed by atoms with Crippen molar-refractivity contribution in [3.8, 4) is 51.0 Å². The Morgan fingerprint density at radius 3 is 1.58 bits per heavy atom. The third-order valence-electron chi connectivity index (χ3n) is 12.1. The van der Waals surface area contributed by atoms with Crippen molar-refractivity contribution in [2.75, 3.05) is 0 Å². The topological polar surface area (TPSA) is 77.7 Å². The lowest BCUT2D eigenvalue weighted by Crippen LogP contribution is -2.36. The summed E-state index contributed by atoms with van der Waals surface area (Å²) >= 11 is 0. The first-order valence-corrected chi connectivity index (χ1v) is 21.1. The minimum absolute atomic E-state index is 0.313. The lowest BCUT2D eigenvalue weighted by atomic mass is 9.67. The van der Waals surface area contributed by atoms with E-state index in [0.717, 1.165) is 77.6 Å². The molecule has 0 unspecified atom stereocenters. The highest BCUT2D eigenvalue weighted by Crippen LogP contribution is 2.61. The van der Waals surface area contributed by atoms with Crippen LogP contribution in [-0.4, -0.2) is 27.9 Å².